The fraction of sp³-hybridized carbons (Fsp3) is 0.476. The van der Waals surface area contributed by atoms with Crippen LogP contribution in [-0.4, -0.2) is 57.2 Å². The molecule has 2 atom stereocenters. The predicted octanol–water partition coefficient (Wildman–Crippen LogP) is 2.68. The quantitative estimate of drug-likeness (QED) is 0.713. The molecule has 3 N–H and O–H groups in total. The first kappa shape index (κ1) is 20.7. The topological polar surface area (TPSA) is 112 Å². The van der Waals surface area contributed by atoms with Gasteiger partial charge in [0.15, 0.2) is 0 Å². The molecule has 1 saturated heterocycles. The van der Waals surface area contributed by atoms with Crippen molar-refractivity contribution in [2.45, 2.75) is 57.7 Å². The highest BCUT2D eigenvalue weighted by atomic mass is 16.6. The van der Waals surface area contributed by atoms with Gasteiger partial charge >= 0.3 is 12.1 Å². The largest absolute Gasteiger partial charge is 0.480 e. The normalized spacial score (nSPS) is 17.9. The number of nitrogens with one attached hydrogen (secondary N) is 2. The zero-order valence-electron chi connectivity index (χ0n) is 16.9. The van der Waals surface area contributed by atoms with Crippen LogP contribution in [0, 0.1) is 0 Å². The van der Waals surface area contributed by atoms with E-state index in [0.717, 1.165) is 16.5 Å². The van der Waals surface area contributed by atoms with Gasteiger partial charge in [-0.1, -0.05) is 18.2 Å². The van der Waals surface area contributed by atoms with E-state index in [0.29, 0.717) is 19.4 Å². The lowest BCUT2D eigenvalue weighted by Gasteiger charge is -2.28. The van der Waals surface area contributed by atoms with Gasteiger partial charge in [0, 0.05) is 30.1 Å². The number of aromatic amines is 1. The zero-order valence-corrected chi connectivity index (χ0v) is 16.9. The molecule has 2 aromatic rings. The molecule has 1 aromatic carbocycles. The molecule has 29 heavy (non-hydrogen) atoms. The maximum atomic E-state index is 13.2. The number of aromatic nitrogens is 1. The van der Waals surface area contributed by atoms with Crippen molar-refractivity contribution in [1.82, 2.24) is 15.2 Å². The van der Waals surface area contributed by atoms with Crippen LogP contribution in [0.1, 0.15) is 39.2 Å². The Labute approximate surface area is 169 Å². The number of amides is 2. The molecule has 0 aliphatic carbocycles. The van der Waals surface area contributed by atoms with Crippen LogP contribution in [0.15, 0.2) is 30.5 Å². The number of hydrogen-bond acceptors (Lipinski definition) is 4. The number of nitrogens with zero attached hydrogens (tertiary/aromatic N) is 1. The number of hydrogen-bond donors (Lipinski definition) is 3. The summed E-state index contributed by atoms with van der Waals surface area (Å²) in [4.78, 5) is 41.6. The van der Waals surface area contributed by atoms with Crippen LogP contribution >= 0.6 is 0 Å². The molecule has 0 spiro atoms. The van der Waals surface area contributed by atoms with Crippen molar-refractivity contribution in [3.05, 3.63) is 36.0 Å². The average Bonchev–Trinajstić information content (AvgIpc) is 3.26. The number of carboxylic acid groups (broad SMARTS) is 1. The Hall–Kier alpha value is -3.03. The molecule has 2 amide bonds. The third kappa shape index (κ3) is 4.88. The van der Waals surface area contributed by atoms with Crippen LogP contribution in [0.4, 0.5) is 4.79 Å². The summed E-state index contributed by atoms with van der Waals surface area (Å²) in [6.45, 7) is 5.58. The van der Waals surface area contributed by atoms with Crippen LogP contribution in [0.25, 0.3) is 10.9 Å². The second-order valence-corrected chi connectivity index (χ2v) is 8.29. The maximum absolute atomic E-state index is 13.2. The Morgan fingerprint density at radius 3 is 2.72 bits per heavy atom. The van der Waals surface area contributed by atoms with Crippen LogP contribution in [0.5, 0.6) is 0 Å². The summed E-state index contributed by atoms with van der Waals surface area (Å²) in [6.07, 6.45) is 2.36. The first-order chi connectivity index (χ1) is 13.7. The standard InChI is InChI=1S/C21H27N3O5/c1-21(2,3)29-20(28)23-16(18(25)24-10-6-9-17(24)19(26)27)11-13-12-22-15-8-5-4-7-14(13)15/h4-5,7-8,12,16-17,22H,6,9-11H2,1-3H3,(H,23,28)(H,26,27)/t16-,17-/m0/s1. The van der Waals surface area contributed by atoms with E-state index in [1.165, 1.54) is 4.90 Å². The van der Waals surface area contributed by atoms with Crippen molar-refractivity contribution in [3.63, 3.8) is 0 Å². The summed E-state index contributed by atoms with van der Waals surface area (Å²) in [5.74, 6) is -1.44. The minimum atomic E-state index is -1.03. The lowest BCUT2D eigenvalue weighted by molar-refractivity contribution is -0.149. The number of carboxylic acids is 1. The van der Waals surface area contributed by atoms with Crippen molar-refractivity contribution in [3.8, 4) is 0 Å². The fourth-order valence-corrected chi connectivity index (χ4v) is 3.66. The summed E-state index contributed by atoms with van der Waals surface area (Å²) >= 11 is 0. The van der Waals surface area contributed by atoms with Crippen molar-refractivity contribution < 1.29 is 24.2 Å². The van der Waals surface area contributed by atoms with Gasteiger partial charge in [0.1, 0.15) is 17.7 Å². The Bertz CT molecular complexity index is 914. The zero-order chi connectivity index (χ0) is 21.2. The van der Waals surface area contributed by atoms with Gasteiger partial charge in [0.25, 0.3) is 0 Å². The first-order valence-corrected chi connectivity index (χ1v) is 9.73. The highest BCUT2D eigenvalue weighted by Crippen LogP contribution is 2.23. The molecular formula is C21H27N3O5. The number of carbonyl (C=O) groups excluding carboxylic acids is 2. The van der Waals surface area contributed by atoms with Crippen molar-refractivity contribution >= 4 is 28.9 Å². The molecule has 3 rings (SSSR count). The number of benzene rings is 1. The van der Waals surface area contributed by atoms with Gasteiger partial charge in [-0.2, -0.15) is 0 Å². The maximum Gasteiger partial charge on any atom is 0.408 e. The summed E-state index contributed by atoms with van der Waals surface area (Å²) < 4.78 is 5.32. The van der Waals surface area contributed by atoms with E-state index in [1.54, 1.807) is 27.0 Å². The molecule has 0 unspecified atom stereocenters. The Balaban J connectivity index is 1.85. The number of aliphatic carboxylic acids is 1. The minimum Gasteiger partial charge on any atom is -0.480 e. The Morgan fingerprint density at radius 2 is 2.03 bits per heavy atom. The van der Waals surface area contributed by atoms with E-state index >= 15 is 0 Å². The molecule has 0 saturated carbocycles. The average molecular weight is 401 g/mol. The second kappa shape index (κ2) is 8.14. The number of likely N-dealkylation sites (tertiary alicyclic amines) is 1. The number of fused-ring (bicyclic) bond motifs is 1. The van der Waals surface area contributed by atoms with Crippen LogP contribution < -0.4 is 5.32 Å². The van der Waals surface area contributed by atoms with E-state index in [9.17, 15) is 19.5 Å². The van der Waals surface area contributed by atoms with Gasteiger partial charge in [-0.25, -0.2) is 9.59 Å². The molecule has 2 heterocycles. The number of rotatable bonds is 5. The highest BCUT2D eigenvalue weighted by Gasteiger charge is 2.38. The highest BCUT2D eigenvalue weighted by molar-refractivity contribution is 5.91. The molecule has 0 bridgehead atoms. The molecule has 0 radical (unpaired) electrons. The van der Waals surface area contributed by atoms with Gasteiger partial charge in [0.05, 0.1) is 0 Å². The van der Waals surface area contributed by atoms with E-state index < -0.39 is 35.7 Å². The minimum absolute atomic E-state index is 0.227. The third-order valence-electron chi connectivity index (χ3n) is 4.91. The predicted molar refractivity (Wildman–Crippen MR) is 108 cm³/mol. The number of H-pyrrole nitrogens is 1. The molecule has 1 fully saturated rings. The van der Waals surface area contributed by atoms with Gasteiger partial charge in [0.2, 0.25) is 5.91 Å². The van der Waals surface area contributed by atoms with Gasteiger partial charge in [-0.15, -0.1) is 0 Å². The van der Waals surface area contributed by atoms with E-state index in [4.69, 9.17) is 4.74 Å². The first-order valence-electron chi connectivity index (χ1n) is 9.73. The van der Waals surface area contributed by atoms with Crippen LogP contribution in [0.2, 0.25) is 0 Å². The van der Waals surface area contributed by atoms with Crippen molar-refractivity contribution in [1.29, 1.82) is 0 Å². The van der Waals surface area contributed by atoms with Crippen molar-refractivity contribution in [2.24, 2.45) is 0 Å². The van der Waals surface area contributed by atoms with Gasteiger partial charge in [-0.3, -0.25) is 4.79 Å². The Kier molecular flexibility index (Phi) is 5.81. The fourth-order valence-electron chi connectivity index (χ4n) is 3.66. The Morgan fingerprint density at radius 1 is 1.31 bits per heavy atom. The smallest absolute Gasteiger partial charge is 0.408 e. The summed E-state index contributed by atoms with van der Waals surface area (Å²) in [7, 11) is 0. The van der Waals surface area contributed by atoms with E-state index in [1.807, 2.05) is 24.3 Å². The number of ether oxygens (including phenoxy) is 1. The molecule has 156 valence electrons. The lowest BCUT2D eigenvalue weighted by Crippen LogP contribution is -2.53. The molecule has 1 aromatic heterocycles. The number of alkyl carbamates (subject to hydrolysis) is 1. The van der Waals surface area contributed by atoms with Crippen LogP contribution in [0.3, 0.4) is 0 Å². The van der Waals surface area contributed by atoms with Crippen molar-refractivity contribution in [2.75, 3.05) is 6.54 Å². The summed E-state index contributed by atoms with van der Waals surface area (Å²) in [5, 5.41) is 13.0. The van der Waals surface area contributed by atoms with Gasteiger partial charge in [-0.05, 0) is 45.2 Å². The molecule has 8 heteroatoms. The third-order valence-corrected chi connectivity index (χ3v) is 4.91. The number of para-hydroxylation sites is 1. The van der Waals surface area contributed by atoms with E-state index in [-0.39, 0.29) is 6.42 Å². The molecule has 1 aliphatic heterocycles. The lowest BCUT2D eigenvalue weighted by atomic mass is 10.0. The summed E-state index contributed by atoms with van der Waals surface area (Å²) in [6, 6.07) is 5.88. The number of carbonyl (C=O) groups is 3. The van der Waals surface area contributed by atoms with Crippen LogP contribution in [-0.2, 0) is 20.7 Å². The monoisotopic (exact) mass is 401 g/mol. The molecular weight excluding hydrogens is 374 g/mol. The summed E-state index contributed by atoms with van der Waals surface area (Å²) in [5.41, 5.74) is 1.08. The van der Waals surface area contributed by atoms with Gasteiger partial charge < -0.3 is 25.0 Å². The second-order valence-electron chi connectivity index (χ2n) is 8.29. The molecule has 8 nitrogen and oxygen atoms in total. The molecule has 1 aliphatic rings. The van der Waals surface area contributed by atoms with E-state index in [2.05, 4.69) is 10.3 Å². The SMILES string of the molecule is CC(C)(C)OC(=O)N[C@@H](Cc1c[nH]c2ccccc12)C(=O)N1CCC[C@H]1C(=O)O.